The normalized spacial score (nSPS) is 20.9. The monoisotopic (exact) mass is 362 g/mol. The summed E-state index contributed by atoms with van der Waals surface area (Å²) < 4.78 is 0. The summed E-state index contributed by atoms with van der Waals surface area (Å²) in [6.07, 6.45) is 2.79. The molecule has 1 aromatic heterocycles. The van der Waals surface area contributed by atoms with Gasteiger partial charge < -0.3 is 4.90 Å². The van der Waals surface area contributed by atoms with Gasteiger partial charge in [0, 0.05) is 24.1 Å². The van der Waals surface area contributed by atoms with Crippen molar-refractivity contribution >= 4 is 34.6 Å². The SMILES string of the molecule is Cc1ncsc1C(=O)N(C)C1(c2ccccc2Cl)CCCCC1=O. The fourth-order valence-corrected chi connectivity index (χ4v) is 4.53. The smallest absolute Gasteiger partial charge is 0.266 e. The Bertz CT molecular complexity index is 789. The molecule has 0 spiro atoms. The van der Waals surface area contributed by atoms with Crippen molar-refractivity contribution in [2.24, 2.45) is 0 Å². The molecule has 4 nitrogen and oxygen atoms in total. The maximum Gasteiger partial charge on any atom is 0.266 e. The molecular formula is C18H19ClN2O2S. The second-order valence-electron chi connectivity index (χ2n) is 6.10. The molecule has 1 saturated carbocycles. The molecule has 1 heterocycles. The minimum atomic E-state index is -0.996. The molecule has 0 N–H and O–H groups in total. The van der Waals surface area contributed by atoms with E-state index in [0.29, 0.717) is 28.4 Å². The lowest BCUT2D eigenvalue weighted by Crippen LogP contribution is -2.54. The zero-order valence-corrected chi connectivity index (χ0v) is 15.3. The van der Waals surface area contributed by atoms with Gasteiger partial charge in [0.05, 0.1) is 11.2 Å². The highest BCUT2D eigenvalue weighted by Crippen LogP contribution is 2.43. The van der Waals surface area contributed by atoms with Crippen LogP contribution in [0.4, 0.5) is 0 Å². The average Bonchev–Trinajstić information content (AvgIpc) is 3.01. The summed E-state index contributed by atoms with van der Waals surface area (Å²) in [6.45, 7) is 1.81. The summed E-state index contributed by atoms with van der Waals surface area (Å²) in [5, 5.41) is 0.522. The van der Waals surface area contributed by atoms with Crippen LogP contribution in [0.5, 0.6) is 0 Å². The summed E-state index contributed by atoms with van der Waals surface area (Å²) in [6, 6.07) is 7.33. The molecule has 1 amide bonds. The van der Waals surface area contributed by atoms with Crippen molar-refractivity contribution in [2.45, 2.75) is 38.1 Å². The van der Waals surface area contributed by atoms with Gasteiger partial charge in [0.2, 0.25) is 0 Å². The first kappa shape index (κ1) is 17.1. The molecule has 1 aliphatic rings. The molecule has 1 atom stereocenters. The number of amides is 1. The Labute approximate surface area is 150 Å². The van der Waals surface area contributed by atoms with Crippen LogP contribution < -0.4 is 0 Å². The van der Waals surface area contributed by atoms with Crippen LogP contribution in [0.25, 0.3) is 0 Å². The van der Waals surface area contributed by atoms with Gasteiger partial charge in [-0.2, -0.15) is 0 Å². The maximum absolute atomic E-state index is 13.1. The summed E-state index contributed by atoms with van der Waals surface area (Å²) in [4.78, 5) is 32.4. The molecule has 0 saturated heterocycles. The van der Waals surface area contributed by atoms with Crippen LogP contribution in [0.3, 0.4) is 0 Å². The van der Waals surface area contributed by atoms with Gasteiger partial charge in [-0.15, -0.1) is 11.3 Å². The number of thiazole rings is 1. The third-order valence-corrected chi connectivity index (χ3v) is 6.04. The molecule has 126 valence electrons. The van der Waals surface area contributed by atoms with Crippen LogP contribution in [0.1, 0.15) is 46.6 Å². The van der Waals surface area contributed by atoms with Crippen molar-refractivity contribution in [1.29, 1.82) is 0 Å². The average molecular weight is 363 g/mol. The largest absolute Gasteiger partial charge is 0.324 e. The first-order chi connectivity index (χ1) is 11.5. The summed E-state index contributed by atoms with van der Waals surface area (Å²) in [5.41, 5.74) is 2.06. The van der Waals surface area contributed by atoms with Gasteiger partial charge in [-0.05, 0) is 32.3 Å². The van der Waals surface area contributed by atoms with Gasteiger partial charge in [0.25, 0.3) is 5.91 Å². The molecular weight excluding hydrogens is 344 g/mol. The van der Waals surface area contributed by atoms with Gasteiger partial charge in [-0.25, -0.2) is 4.98 Å². The maximum atomic E-state index is 13.1. The van der Waals surface area contributed by atoms with E-state index in [-0.39, 0.29) is 11.7 Å². The van der Waals surface area contributed by atoms with Crippen molar-refractivity contribution < 1.29 is 9.59 Å². The number of rotatable bonds is 3. The van der Waals surface area contributed by atoms with Gasteiger partial charge in [0.15, 0.2) is 5.78 Å². The number of hydrogen-bond donors (Lipinski definition) is 0. The van der Waals surface area contributed by atoms with Crippen LogP contribution >= 0.6 is 22.9 Å². The number of carbonyl (C=O) groups is 2. The Balaban J connectivity index is 2.12. The molecule has 0 radical (unpaired) electrons. The van der Waals surface area contributed by atoms with Crippen LogP contribution in [-0.2, 0) is 10.3 Å². The zero-order chi connectivity index (χ0) is 17.3. The first-order valence-corrected chi connectivity index (χ1v) is 9.21. The van der Waals surface area contributed by atoms with E-state index in [1.54, 1.807) is 23.5 Å². The lowest BCUT2D eigenvalue weighted by Gasteiger charge is -2.43. The lowest BCUT2D eigenvalue weighted by molar-refractivity contribution is -0.132. The number of ketones is 1. The van der Waals surface area contributed by atoms with Crippen LogP contribution in [0, 0.1) is 6.92 Å². The Morgan fingerprint density at radius 3 is 2.71 bits per heavy atom. The third-order valence-electron chi connectivity index (χ3n) is 4.79. The molecule has 24 heavy (non-hydrogen) atoms. The van der Waals surface area contributed by atoms with E-state index in [0.717, 1.165) is 18.4 Å². The number of carbonyl (C=O) groups excluding carboxylic acids is 2. The second-order valence-corrected chi connectivity index (χ2v) is 7.36. The lowest BCUT2D eigenvalue weighted by atomic mass is 9.74. The molecule has 1 aromatic carbocycles. The number of aryl methyl sites for hydroxylation is 1. The minimum absolute atomic E-state index is 0.0554. The van der Waals surface area contributed by atoms with Crippen molar-refractivity contribution in [1.82, 2.24) is 9.88 Å². The van der Waals surface area contributed by atoms with Crippen molar-refractivity contribution in [3.63, 3.8) is 0 Å². The topological polar surface area (TPSA) is 50.3 Å². The molecule has 1 unspecified atom stereocenters. The number of hydrogen-bond acceptors (Lipinski definition) is 4. The van der Waals surface area contributed by atoms with E-state index in [9.17, 15) is 9.59 Å². The fourth-order valence-electron chi connectivity index (χ4n) is 3.46. The van der Waals surface area contributed by atoms with Gasteiger partial charge in [-0.1, -0.05) is 29.8 Å². The van der Waals surface area contributed by atoms with Crippen LogP contribution in [0.15, 0.2) is 29.8 Å². The van der Waals surface area contributed by atoms with E-state index in [1.165, 1.54) is 11.3 Å². The molecule has 6 heteroatoms. The highest BCUT2D eigenvalue weighted by Gasteiger charge is 2.48. The number of aromatic nitrogens is 1. The quantitative estimate of drug-likeness (QED) is 0.821. The molecule has 2 aromatic rings. The molecule has 1 aliphatic carbocycles. The summed E-state index contributed by atoms with van der Waals surface area (Å²) in [5.74, 6) is -0.120. The molecule has 1 fully saturated rings. The number of likely N-dealkylation sites (N-methyl/N-ethyl adjacent to an activating group) is 1. The van der Waals surface area contributed by atoms with E-state index in [4.69, 9.17) is 11.6 Å². The predicted octanol–water partition coefficient (Wildman–Crippen LogP) is 4.22. The number of Topliss-reactive ketones (excluding diaryl/α,β-unsaturated/α-hetero) is 1. The van der Waals surface area contributed by atoms with Crippen molar-refractivity contribution in [3.8, 4) is 0 Å². The van der Waals surface area contributed by atoms with Crippen LogP contribution in [-0.4, -0.2) is 28.6 Å². The van der Waals surface area contributed by atoms with Crippen molar-refractivity contribution in [2.75, 3.05) is 7.05 Å². The number of halogens is 1. The highest BCUT2D eigenvalue weighted by molar-refractivity contribution is 7.11. The van der Waals surface area contributed by atoms with E-state index in [2.05, 4.69) is 4.98 Å². The van der Waals surface area contributed by atoms with Crippen molar-refractivity contribution in [3.05, 3.63) is 50.9 Å². The molecule has 0 aliphatic heterocycles. The molecule has 0 bridgehead atoms. The van der Waals surface area contributed by atoms with E-state index < -0.39 is 5.54 Å². The fraction of sp³-hybridized carbons (Fsp3) is 0.389. The Kier molecular flexibility index (Phi) is 4.74. The van der Waals surface area contributed by atoms with Crippen LogP contribution in [0.2, 0.25) is 5.02 Å². The predicted molar refractivity (Wildman–Crippen MR) is 95.5 cm³/mol. The van der Waals surface area contributed by atoms with E-state index >= 15 is 0 Å². The number of benzene rings is 1. The molecule has 3 rings (SSSR count). The Morgan fingerprint density at radius 2 is 2.08 bits per heavy atom. The standard InChI is InChI=1S/C18H19ClN2O2S/c1-12-16(24-11-20-12)17(23)21(2)18(10-6-5-9-15(18)22)13-7-3-4-8-14(13)19/h3-4,7-8,11H,5-6,9-10H2,1-2H3. The first-order valence-electron chi connectivity index (χ1n) is 7.95. The minimum Gasteiger partial charge on any atom is -0.324 e. The highest BCUT2D eigenvalue weighted by atomic mass is 35.5. The van der Waals surface area contributed by atoms with Gasteiger partial charge in [0.1, 0.15) is 10.4 Å². The Morgan fingerprint density at radius 1 is 1.33 bits per heavy atom. The summed E-state index contributed by atoms with van der Waals surface area (Å²) >= 11 is 7.72. The van der Waals surface area contributed by atoms with Gasteiger partial charge >= 0.3 is 0 Å². The van der Waals surface area contributed by atoms with Gasteiger partial charge in [-0.3, -0.25) is 9.59 Å². The number of nitrogens with zero attached hydrogens (tertiary/aromatic N) is 2. The summed E-state index contributed by atoms with van der Waals surface area (Å²) in [7, 11) is 1.70. The second kappa shape index (κ2) is 6.65. The van der Waals surface area contributed by atoms with E-state index in [1.807, 2.05) is 25.1 Å². The third kappa shape index (κ3) is 2.66. The Hall–Kier alpha value is -1.72. The zero-order valence-electron chi connectivity index (χ0n) is 13.7.